The van der Waals surface area contributed by atoms with Crippen LogP contribution in [0.3, 0.4) is 0 Å². The van der Waals surface area contributed by atoms with Gasteiger partial charge >= 0.3 is 0 Å². The molecular formula is C20H34O2Si. The summed E-state index contributed by atoms with van der Waals surface area (Å²) in [4.78, 5) is 0. The highest BCUT2D eigenvalue weighted by atomic mass is 28.4. The molecule has 0 fully saturated rings. The molecule has 3 heteroatoms. The topological polar surface area (TPSA) is 29.5 Å². The van der Waals surface area contributed by atoms with E-state index in [1.54, 1.807) is 0 Å². The van der Waals surface area contributed by atoms with Crippen molar-refractivity contribution >= 4 is 8.32 Å². The second-order valence-corrected chi connectivity index (χ2v) is 12.9. The zero-order valence-corrected chi connectivity index (χ0v) is 16.8. The third-order valence-electron chi connectivity index (χ3n) is 5.14. The van der Waals surface area contributed by atoms with Gasteiger partial charge in [0.25, 0.3) is 8.32 Å². The van der Waals surface area contributed by atoms with Gasteiger partial charge in [-0.1, -0.05) is 85.4 Å². The van der Waals surface area contributed by atoms with Crippen LogP contribution in [0.15, 0.2) is 42.7 Å². The van der Waals surface area contributed by atoms with Gasteiger partial charge in [-0.2, -0.15) is 0 Å². The van der Waals surface area contributed by atoms with E-state index in [0.717, 1.165) is 11.3 Å². The molecule has 0 spiro atoms. The van der Waals surface area contributed by atoms with E-state index in [1.807, 2.05) is 37.3 Å². The highest BCUT2D eigenvalue weighted by Gasteiger charge is 2.47. The van der Waals surface area contributed by atoms with Crippen LogP contribution in [0.2, 0.25) is 16.6 Å². The molecule has 0 amide bonds. The maximum Gasteiger partial charge on any atom is 0.258 e. The zero-order chi connectivity index (χ0) is 17.8. The van der Waals surface area contributed by atoms with E-state index in [2.05, 4.69) is 48.1 Å². The molecule has 0 unspecified atom stereocenters. The van der Waals surface area contributed by atoms with Gasteiger partial charge in [0.2, 0.25) is 0 Å². The lowest BCUT2D eigenvalue weighted by Crippen LogP contribution is -2.48. The molecule has 0 aromatic heterocycles. The molecule has 0 heterocycles. The fourth-order valence-electron chi connectivity index (χ4n) is 3.79. The maximum atomic E-state index is 10.6. The van der Waals surface area contributed by atoms with Crippen LogP contribution in [0.1, 0.15) is 60.1 Å². The van der Waals surface area contributed by atoms with E-state index in [9.17, 15) is 5.11 Å². The van der Waals surface area contributed by atoms with Gasteiger partial charge in [0.1, 0.15) is 0 Å². The van der Waals surface area contributed by atoms with Gasteiger partial charge in [0, 0.05) is 5.92 Å². The highest BCUT2D eigenvalue weighted by Crippen LogP contribution is 2.45. The minimum atomic E-state index is -2.01. The molecule has 0 saturated carbocycles. The molecule has 1 aromatic carbocycles. The maximum absolute atomic E-state index is 10.6. The summed E-state index contributed by atoms with van der Waals surface area (Å²) in [5, 5.41) is 10.6. The van der Waals surface area contributed by atoms with Crippen LogP contribution in [-0.2, 0) is 4.43 Å². The average Bonchev–Trinajstić information content (AvgIpc) is 2.50. The predicted octanol–water partition coefficient (Wildman–Crippen LogP) is 6.06. The van der Waals surface area contributed by atoms with E-state index >= 15 is 0 Å². The van der Waals surface area contributed by atoms with Crippen molar-refractivity contribution in [2.75, 3.05) is 0 Å². The van der Waals surface area contributed by atoms with E-state index < -0.39 is 14.4 Å². The number of aliphatic hydroxyl groups is 1. The van der Waals surface area contributed by atoms with Crippen molar-refractivity contribution in [2.45, 2.75) is 71.2 Å². The van der Waals surface area contributed by atoms with Crippen LogP contribution >= 0.6 is 0 Å². The smallest absolute Gasteiger partial charge is 0.258 e. The molecular weight excluding hydrogens is 300 g/mol. The van der Waals surface area contributed by atoms with Crippen molar-refractivity contribution in [1.29, 1.82) is 0 Å². The standard InChI is InChI=1S/C20H34O2Si/c1-14(2)23(15(3)4,16(5)6)22-18(8)17(7)20(21)19-12-10-9-11-13-19/h9-17,20-21H,8H2,1-7H3/t17-,20-/m0/s1. The van der Waals surface area contributed by atoms with E-state index in [4.69, 9.17) is 4.43 Å². The van der Waals surface area contributed by atoms with Gasteiger partial charge in [-0.05, 0) is 22.2 Å². The monoisotopic (exact) mass is 334 g/mol. The molecule has 2 nitrogen and oxygen atoms in total. The molecule has 0 radical (unpaired) electrons. The molecule has 2 atom stereocenters. The second-order valence-electron chi connectivity index (χ2n) is 7.53. The molecule has 0 aliphatic heterocycles. The van der Waals surface area contributed by atoms with Crippen LogP contribution in [0.5, 0.6) is 0 Å². The lowest BCUT2D eigenvalue weighted by molar-refractivity contribution is 0.112. The summed E-state index contributed by atoms with van der Waals surface area (Å²) >= 11 is 0. The van der Waals surface area contributed by atoms with Gasteiger partial charge in [-0.3, -0.25) is 0 Å². The Hall–Kier alpha value is -1.06. The molecule has 1 rings (SSSR count). The first kappa shape index (κ1) is 20.0. The first-order valence-corrected chi connectivity index (χ1v) is 10.9. The second kappa shape index (κ2) is 8.16. The van der Waals surface area contributed by atoms with Gasteiger partial charge in [0.15, 0.2) is 0 Å². The molecule has 0 aliphatic carbocycles. The van der Waals surface area contributed by atoms with Gasteiger partial charge in [-0.25, -0.2) is 0 Å². The number of rotatable bonds is 8. The number of hydrogen-bond donors (Lipinski definition) is 1. The number of benzene rings is 1. The average molecular weight is 335 g/mol. The SMILES string of the molecule is C=C(O[Si](C(C)C)(C(C)C)C(C)C)[C@H](C)[C@H](O)c1ccccc1. The summed E-state index contributed by atoms with van der Waals surface area (Å²) < 4.78 is 6.61. The summed E-state index contributed by atoms with van der Waals surface area (Å²) in [6.07, 6.45) is -0.582. The number of aliphatic hydroxyl groups excluding tert-OH is 1. The molecule has 23 heavy (non-hydrogen) atoms. The van der Waals surface area contributed by atoms with Crippen molar-refractivity contribution in [2.24, 2.45) is 5.92 Å². The Kier molecular flexibility index (Phi) is 7.09. The third kappa shape index (κ3) is 4.27. The van der Waals surface area contributed by atoms with Gasteiger partial charge in [0.05, 0.1) is 11.9 Å². The Morgan fingerprint density at radius 2 is 1.35 bits per heavy atom. The third-order valence-corrected chi connectivity index (χ3v) is 11.2. The lowest BCUT2D eigenvalue weighted by atomic mass is 9.96. The van der Waals surface area contributed by atoms with Gasteiger partial charge in [-0.15, -0.1) is 0 Å². The predicted molar refractivity (Wildman–Crippen MR) is 102 cm³/mol. The Balaban J connectivity index is 2.99. The van der Waals surface area contributed by atoms with E-state index in [1.165, 1.54) is 0 Å². The van der Waals surface area contributed by atoms with E-state index in [-0.39, 0.29) is 5.92 Å². The lowest BCUT2D eigenvalue weighted by Gasteiger charge is -2.44. The fourth-order valence-corrected chi connectivity index (χ4v) is 9.14. The fraction of sp³-hybridized carbons (Fsp3) is 0.600. The molecule has 0 bridgehead atoms. The first-order valence-electron chi connectivity index (χ1n) is 8.75. The Morgan fingerprint density at radius 1 is 0.913 bits per heavy atom. The summed E-state index contributed by atoms with van der Waals surface area (Å²) in [6, 6.07) is 9.76. The van der Waals surface area contributed by atoms with Crippen molar-refractivity contribution in [3.63, 3.8) is 0 Å². The zero-order valence-electron chi connectivity index (χ0n) is 15.8. The Morgan fingerprint density at radius 3 is 1.74 bits per heavy atom. The molecule has 130 valence electrons. The van der Waals surface area contributed by atoms with Crippen molar-refractivity contribution < 1.29 is 9.53 Å². The Bertz CT molecular complexity index is 472. The Labute approximate surface area is 143 Å². The van der Waals surface area contributed by atoms with Crippen LogP contribution in [0, 0.1) is 5.92 Å². The largest absolute Gasteiger partial charge is 0.546 e. The normalized spacial score (nSPS) is 15.1. The molecule has 0 aliphatic rings. The van der Waals surface area contributed by atoms with E-state index in [0.29, 0.717) is 16.6 Å². The van der Waals surface area contributed by atoms with Crippen LogP contribution in [0.4, 0.5) is 0 Å². The highest BCUT2D eigenvalue weighted by molar-refractivity contribution is 6.77. The van der Waals surface area contributed by atoms with Crippen molar-refractivity contribution in [1.82, 2.24) is 0 Å². The molecule has 1 aromatic rings. The number of hydrogen-bond acceptors (Lipinski definition) is 2. The molecule has 1 N–H and O–H groups in total. The van der Waals surface area contributed by atoms with Crippen LogP contribution in [-0.4, -0.2) is 13.4 Å². The minimum absolute atomic E-state index is 0.125. The summed E-state index contributed by atoms with van der Waals surface area (Å²) in [5.74, 6) is 0.602. The van der Waals surface area contributed by atoms with Gasteiger partial charge < -0.3 is 9.53 Å². The molecule has 0 saturated heterocycles. The van der Waals surface area contributed by atoms with Crippen LogP contribution < -0.4 is 0 Å². The summed E-state index contributed by atoms with van der Waals surface area (Å²) in [7, 11) is -2.01. The first-order chi connectivity index (χ1) is 10.6. The summed E-state index contributed by atoms with van der Waals surface area (Å²) in [5.41, 5.74) is 2.41. The minimum Gasteiger partial charge on any atom is -0.546 e. The van der Waals surface area contributed by atoms with Crippen LogP contribution in [0.25, 0.3) is 0 Å². The van der Waals surface area contributed by atoms with Crippen molar-refractivity contribution in [3.8, 4) is 0 Å². The summed E-state index contributed by atoms with van der Waals surface area (Å²) in [6.45, 7) is 19.8. The van der Waals surface area contributed by atoms with Crippen molar-refractivity contribution in [3.05, 3.63) is 48.2 Å². The quantitative estimate of drug-likeness (QED) is 0.462.